The largest absolute Gasteiger partial charge is 0.381 e. The van der Waals surface area contributed by atoms with E-state index in [4.69, 9.17) is 50.4 Å². The van der Waals surface area contributed by atoms with Gasteiger partial charge in [0.05, 0.1) is 63.7 Å². The lowest BCUT2D eigenvalue weighted by Gasteiger charge is -2.26. The number of hydrogen-bond donors (Lipinski definition) is 6. The van der Waals surface area contributed by atoms with Gasteiger partial charge in [-0.1, -0.05) is 284 Å². The Balaban J connectivity index is 0.692. The summed E-state index contributed by atoms with van der Waals surface area (Å²) in [4.78, 5) is 171. The van der Waals surface area contributed by atoms with Gasteiger partial charge in [0, 0.05) is 135 Å². The highest BCUT2D eigenvalue weighted by molar-refractivity contribution is 8.00. The number of carbonyl (C=O) groups excluding carboxylic acids is 10. The zero-order chi connectivity index (χ0) is 98.8. The van der Waals surface area contributed by atoms with E-state index in [9.17, 15) is 67.5 Å². The van der Waals surface area contributed by atoms with Gasteiger partial charge in [-0.25, -0.2) is 0 Å². The van der Waals surface area contributed by atoms with Crippen molar-refractivity contribution in [1.29, 1.82) is 0 Å². The first-order chi connectivity index (χ1) is 65.4. The Bertz CT molecular complexity index is 3570. The third-order valence-corrected chi connectivity index (χ3v) is 32.3. The Hall–Kier alpha value is -3.35. The van der Waals surface area contributed by atoms with E-state index >= 15 is 0 Å². The molecule has 5 heterocycles. The van der Waals surface area contributed by atoms with Crippen molar-refractivity contribution in [3.63, 3.8) is 0 Å². The second-order valence-electron chi connectivity index (χ2n) is 38.7. The molecule has 6 N–H and O–H groups in total. The maximum atomic E-state index is 13.5. The van der Waals surface area contributed by atoms with Gasteiger partial charge in [-0.15, -0.1) is 11.8 Å². The summed E-state index contributed by atoms with van der Waals surface area (Å²) in [6.45, 7) is 6.71. The number of carbonyl (C=O) groups is 10. The average molecular weight is 2020 g/mol. The van der Waals surface area contributed by atoms with Gasteiger partial charge < -0.3 is 80.6 Å². The molecule has 0 saturated carbocycles. The van der Waals surface area contributed by atoms with Crippen molar-refractivity contribution in [1.82, 2.24) is 25.3 Å². The van der Waals surface area contributed by atoms with E-state index in [0.29, 0.717) is 91.1 Å². The van der Waals surface area contributed by atoms with Crippen molar-refractivity contribution in [2.24, 2.45) is 17.8 Å². The van der Waals surface area contributed by atoms with E-state index in [1.165, 1.54) is 224 Å². The quantitative estimate of drug-likeness (QED) is 0.0187. The molecule has 0 aromatic rings. The minimum atomic E-state index is -3.41. The second kappa shape index (κ2) is 74.5. The lowest BCUT2D eigenvalue weighted by atomic mass is 9.89. The standard InChI is InChI=1S/C101H183N5O25P4S/c1-84-78-97(112)105(99(84)114)67-60-87(107)80-86(58-49-51-66-102-94(109)61-68-106-98(113)79-85(2)100(106)115)88(108)59-57-69-121-74-64-95(110)103-65-50-43-46-54-71-125-133(5,118)129-83-92-89(62-75-123-92)130-134(6,119)126-72-53-45-42-40-38-36-34-32-30-28-26-24-22-20-18-16-14-12-10-8-9-11-13-15-17-19-21-23-25-27-29-31-33-35-37-39-41-44-52-70-124-132(4,117)128-82-91-90(63-76-122-91)131-135(7,120)127-73-55-47-48-56-77-136-93-81-96(111)104(3)101(93)116/h84-86,89-93,117-120H,4-83H2,1-3H3,(H,102,109)(H,103,110). The fourth-order valence-corrected chi connectivity index (χ4v) is 23.1. The van der Waals surface area contributed by atoms with Gasteiger partial charge in [0.2, 0.25) is 77.5 Å². The monoisotopic (exact) mass is 2020 g/mol. The minimum Gasteiger partial charge on any atom is -0.381 e. The Labute approximate surface area is 822 Å². The molecule has 12 atom stereocenters. The van der Waals surface area contributed by atoms with E-state index in [1.807, 2.05) is 0 Å². The highest BCUT2D eigenvalue weighted by atomic mass is 32.2. The number of hydrogen-bond acceptors (Lipinski definition) is 26. The molecule has 0 radical (unpaired) electrons. The normalized spacial score (nSPS) is 20.7. The number of imide groups is 3. The summed E-state index contributed by atoms with van der Waals surface area (Å²) in [6, 6.07) is 0. The van der Waals surface area contributed by atoms with Gasteiger partial charge in [-0.2, -0.15) is 0 Å². The zero-order valence-corrected chi connectivity index (χ0v) is 88.5. The van der Waals surface area contributed by atoms with Crippen LogP contribution in [0.4, 0.5) is 0 Å². The van der Waals surface area contributed by atoms with Gasteiger partial charge >= 0.3 is 0 Å². The molecule has 0 aromatic heterocycles. The molecule has 12 unspecified atom stereocenters. The van der Waals surface area contributed by atoms with Crippen LogP contribution < -0.4 is 10.6 Å². The molecular weight excluding hydrogens is 1840 g/mol. The summed E-state index contributed by atoms with van der Waals surface area (Å²) in [5.74, 6) is -2.77. The Kier molecular flexibility index (Phi) is 67.5. The van der Waals surface area contributed by atoms with E-state index in [0.717, 1.165) is 99.0 Å². The molecular formula is C101H183N5O25P4S. The fraction of sp³-hybridized carbons (Fsp3) is 0.861. The number of amides is 8. The number of nitrogens with zero attached hydrogens (tertiary/aromatic N) is 3. The van der Waals surface area contributed by atoms with Gasteiger partial charge in [-0.05, 0) is 88.7 Å². The van der Waals surface area contributed by atoms with Crippen LogP contribution in [0.5, 0.6) is 0 Å². The Morgan fingerprint density at radius 1 is 0.390 bits per heavy atom. The lowest BCUT2D eigenvalue weighted by molar-refractivity contribution is -0.141. The Morgan fingerprint density at radius 3 is 1.09 bits per heavy atom. The first-order valence-electron chi connectivity index (χ1n) is 53.0. The molecule has 0 spiro atoms. The van der Waals surface area contributed by atoms with Crippen molar-refractivity contribution < 1.29 is 118 Å². The Morgan fingerprint density at radius 2 is 0.728 bits per heavy atom. The van der Waals surface area contributed by atoms with Crippen LogP contribution in [0.1, 0.15) is 406 Å². The van der Waals surface area contributed by atoms with Crippen LogP contribution >= 0.6 is 42.0 Å². The second-order valence-corrected chi connectivity index (χ2v) is 47.1. The molecule has 5 saturated heterocycles. The highest BCUT2D eigenvalue weighted by Crippen LogP contribution is 2.50. The van der Waals surface area contributed by atoms with Crippen LogP contribution in [0, 0.1) is 17.8 Å². The summed E-state index contributed by atoms with van der Waals surface area (Å²) >= 11 is 1.54. The molecule has 5 aliphatic rings. The summed E-state index contributed by atoms with van der Waals surface area (Å²) < 4.78 is 63.3. The number of thioether (sulfide) groups is 1. The third kappa shape index (κ3) is 58.6. The molecule has 5 aliphatic heterocycles. The number of Topliss-reactive ketones (excluding diaryl/α,β-unsaturated/α-hetero) is 2. The van der Waals surface area contributed by atoms with E-state index in [1.54, 1.807) is 25.6 Å². The molecule has 5 fully saturated rings. The molecule has 35 heteroatoms. The smallest absolute Gasteiger partial charge is 0.248 e. The van der Waals surface area contributed by atoms with Crippen LogP contribution in [-0.2, 0) is 98.3 Å². The van der Waals surface area contributed by atoms with Crippen molar-refractivity contribution in [2.45, 2.75) is 435 Å². The van der Waals surface area contributed by atoms with Crippen molar-refractivity contribution in [3.8, 4) is 0 Å². The van der Waals surface area contributed by atoms with Crippen LogP contribution in [0.2, 0.25) is 0 Å². The minimum absolute atomic E-state index is 0.00904. The van der Waals surface area contributed by atoms with E-state index in [2.05, 4.69) is 35.8 Å². The number of likely N-dealkylation sites (tertiary alicyclic amines) is 3. The van der Waals surface area contributed by atoms with Crippen LogP contribution in [0.25, 0.3) is 0 Å². The maximum Gasteiger partial charge on any atom is 0.248 e. The number of ketones is 2. The molecule has 30 nitrogen and oxygen atoms in total. The molecule has 5 rings (SSSR count). The van der Waals surface area contributed by atoms with Crippen LogP contribution in [0.15, 0.2) is 0 Å². The summed E-state index contributed by atoms with van der Waals surface area (Å²) in [6.07, 6.45) is 74.4. The summed E-state index contributed by atoms with van der Waals surface area (Å²) in [5.41, 5.74) is 0. The van der Waals surface area contributed by atoms with Crippen LogP contribution in [-0.4, -0.2) is 253 Å². The van der Waals surface area contributed by atoms with Crippen molar-refractivity contribution in [2.75, 3.05) is 105 Å². The SMILES string of the molecule is C=P(O)(OCCCCCCNC(=O)CCOCCCC(=O)C(CCCCNC(=O)CCN1C(=O)CC(C)C1=O)CC(=O)CCN1C(=O)CC(C)C1=O)OCC1OCCC1OP(=C)(O)OCCCCCCCCCCCCCCCCCCCCCCCCCCCCCCCCCCCCCCCCCOP(=C)(O)OCC1OCCC1OP(=C)(O)OCCCCCCSC1CC(=O)N(C)C1=O. The van der Waals surface area contributed by atoms with Gasteiger partial charge in [0.25, 0.3) is 0 Å². The van der Waals surface area contributed by atoms with Crippen molar-refractivity contribution >= 4 is 126 Å². The van der Waals surface area contributed by atoms with Crippen molar-refractivity contribution in [3.05, 3.63) is 0 Å². The molecule has 0 aromatic carbocycles. The maximum absolute atomic E-state index is 13.5. The van der Waals surface area contributed by atoms with Gasteiger partial charge in [0.1, 0.15) is 23.8 Å². The third-order valence-electron chi connectivity index (χ3n) is 26.4. The molecule has 788 valence electrons. The first kappa shape index (κ1) is 123. The highest BCUT2D eigenvalue weighted by Gasteiger charge is 2.40. The van der Waals surface area contributed by atoms with E-state index < -0.39 is 66.5 Å². The predicted molar refractivity (Wildman–Crippen MR) is 548 cm³/mol. The van der Waals surface area contributed by atoms with Gasteiger partial charge in [-0.3, -0.25) is 62.6 Å². The van der Waals surface area contributed by atoms with Gasteiger partial charge in [0.15, 0.2) is 0 Å². The molecule has 0 bridgehead atoms. The number of nitrogens with one attached hydrogen (secondary N) is 2. The molecule has 136 heavy (non-hydrogen) atoms. The summed E-state index contributed by atoms with van der Waals surface area (Å²) in [7, 11) is -11.8. The van der Waals surface area contributed by atoms with E-state index in [-0.39, 0.29) is 167 Å². The zero-order valence-electron chi connectivity index (χ0n) is 84.1. The average Bonchev–Trinajstić information content (AvgIpc) is 1.71. The summed E-state index contributed by atoms with van der Waals surface area (Å²) in [5, 5.41) is 5.43. The lowest BCUT2D eigenvalue weighted by Crippen LogP contribution is -2.35. The first-order valence-corrected chi connectivity index (χ1v) is 61.1. The predicted octanol–water partition coefficient (Wildman–Crippen LogP) is 20.3. The fourth-order valence-electron chi connectivity index (χ4n) is 17.9. The number of unbranched alkanes of at least 4 members (excludes halogenated alkanes) is 45. The number of ether oxygens (including phenoxy) is 3. The van der Waals surface area contributed by atoms with Crippen LogP contribution in [0.3, 0.4) is 0 Å². The molecule has 8 amide bonds. The number of rotatable bonds is 92. The molecule has 0 aliphatic carbocycles. The topological polar surface area (TPSA) is 387 Å².